The number of likely N-dealkylation sites (N-methyl/N-ethyl adjacent to an activating group) is 2. The van der Waals surface area contributed by atoms with Crippen LogP contribution in [0.2, 0.25) is 0 Å². The zero-order valence-electron chi connectivity index (χ0n) is 14.0. The molecule has 1 fully saturated rings. The van der Waals surface area contributed by atoms with Gasteiger partial charge in [0.05, 0.1) is 6.04 Å². The van der Waals surface area contributed by atoms with Gasteiger partial charge in [-0.1, -0.05) is 36.8 Å². The Morgan fingerprint density at radius 2 is 1.96 bits per heavy atom. The molecule has 0 radical (unpaired) electrons. The van der Waals surface area contributed by atoms with Crippen LogP contribution in [-0.2, 0) is 11.3 Å². The Balaban J connectivity index is 0.00000242. The van der Waals surface area contributed by atoms with Gasteiger partial charge < -0.3 is 10.2 Å². The third-order valence-corrected chi connectivity index (χ3v) is 4.20. The number of likely N-dealkylation sites (tertiary alicyclic amines) is 1. The Morgan fingerprint density at radius 1 is 1.26 bits per heavy atom. The Kier molecular flexibility index (Phi) is 11.3. The summed E-state index contributed by atoms with van der Waals surface area (Å²) in [5, 5.41) is 3.10. The summed E-state index contributed by atoms with van der Waals surface area (Å²) in [5.74, 6) is 0.265. The molecule has 0 bridgehead atoms. The summed E-state index contributed by atoms with van der Waals surface area (Å²) in [6.45, 7) is 3.50. The minimum atomic E-state index is 0. The molecule has 1 saturated heterocycles. The first-order valence-electron chi connectivity index (χ1n) is 7.90. The number of hydrogen-bond donors (Lipinski definition) is 1. The Morgan fingerprint density at radius 3 is 2.61 bits per heavy atom. The van der Waals surface area contributed by atoms with Gasteiger partial charge in [-0.2, -0.15) is 0 Å². The maximum absolute atomic E-state index is 12.7. The van der Waals surface area contributed by atoms with E-state index in [1.165, 1.54) is 12.0 Å². The monoisotopic (exact) mass is 361 g/mol. The maximum atomic E-state index is 12.7. The van der Waals surface area contributed by atoms with Gasteiger partial charge in [0.2, 0.25) is 5.91 Å². The van der Waals surface area contributed by atoms with Crippen molar-refractivity contribution in [1.29, 1.82) is 0 Å². The molecule has 6 heteroatoms. The van der Waals surface area contributed by atoms with Crippen molar-refractivity contribution in [2.24, 2.45) is 0 Å². The van der Waals surface area contributed by atoms with Crippen molar-refractivity contribution in [1.82, 2.24) is 15.1 Å². The molecule has 1 unspecified atom stereocenters. The van der Waals surface area contributed by atoms with Crippen LogP contribution in [0.5, 0.6) is 0 Å². The highest BCUT2D eigenvalue weighted by Gasteiger charge is 2.30. The minimum absolute atomic E-state index is 0. The van der Waals surface area contributed by atoms with Gasteiger partial charge in [0.1, 0.15) is 0 Å². The molecule has 4 nitrogen and oxygen atoms in total. The van der Waals surface area contributed by atoms with E-state index in [1.54, 1.807) is 0 Å². The molecule has 1 aromatic rings. The first kappa shape index (κ1) is 22.2. The largest absolute Gasteiger partial charge is 0.343 e. The van der Waals surface area contributed by atoms with Gasteiger partial charge in [0, 0.05) is 26.7 Å². The highest BCUT2D eigenvalue weighted by atomic mass is 35.5. The van der Waals surface area contributed by atoms with E-state index in [0.717, 1.165) is 39.0 Å². The molecule has 1 atom stereocenters. The summed E-state index contributed by atoms with van der Waals surface area (Å²) in [6.07, 6.45) is 3.33. The molecule has 0 saturated carbocycles. The van der Waals surface area contributed by atoms with Gasteiger partial charge >= 0.3 is 0 Å². The molecule has 132 valence electrons. The fraction of sp³-hybridized carbons (Fsp3) is 0.588. The number of benzene rings is 1. The topological polar surface area (TPSA) is 35.6 Å². The highest BCUT2D eigenvalue weighted by Crippen LogP contribution is 2.21. The van der Waals surface area contributed by atoms with E-state index in [2.05, 4.69) is 34.5 Å². The molecule has 0 aliphatic carbocycles. The summed E-state index contributed by atoms with van der Waals surface area (Å²) in [6, 6.07) is 10.5. The molecule has 1 heterocycles. The summed E-state index contributed by atoms with van der Waals surface area (Å²) < 4.78 is 0. The number of rotatable bonds is 6. The fourth-order valence-corrected chi connectivity index (χ4v) is 2.92. The second kappa shape index (κ2) is 11.7. The molecule has 1 amide bonds. The molecule has 23 heavy (non-hydrogen) atoms. The molecule has 1 N–H and O–H groups in total. The minimum Gasteiger partial charge on any atom is -0.343 e. The van der Waals surface area contributed by atoms with Gasteiger partial charge in [0.25, 0.3) is 0 Å². The van der Waals surface area contributed by atoms with Crippen LogP contribution in [-0.4, -0.2) is 55.5 Å². The lowest BCUT2D eigenvalue weighted by molar-refractivity contribution is -0.137. The van der Waals surface area contributed by atoms with E-state index in [-0.39, 0.29) is 36.8 Å². The lowest BCUT2D eigenvalue weighted by Crippen LogP contribution is -2.50. The molecule has 1 aliphatic rings. The fourth-order valence-electron chi connectivity index (χ4n) is 2.92. The van der Waals surface area contributed by atoms with E-state index >= 15 is 0 Å². The zero-order valence-corrected chi connectivity index (χ0v) is 15.7. The van der Waals surface area contributed by atoms with E-state index in [4.69, 9.17) is 0 Å². The van der Waals surface area contributed by atoms with Crippen LogP contribution in [0.3, 0.4) is 0 Å². The van der Waals surface area contributed by atoms with Crippen LogP contribution in [0.1, 0.15) is 24.8 Å². The number of nitrogens with zero attached hydrogens (tertiary/aromatic N) is 2. The van der Waals surface area contributed by atoms with Crippen molar-refractivity contribution in [3.63, 3.8) is 0 Å². The lowest BCUT2D eigenvalue weighted by Gasteiger charge is -2.36. The van der Waals surface area contributed by atoms with Crippen molar-refractivity contribution in [2.45, 2.75) is 31.8 Å². The van der Waals surface area contributed by atoms with Crippen molar-refractivity contribution in [2.75, 3.05) is 33.7 Å². The van der Waals surface area contributed by atoms with Crippen LogP contribution >= 0.6 is 24.8 Å². The van der Waals surface area contributed by atoms with Crippen molar-refractivity contribution in [3.8, 4) is 0 Å². The van der Waals surface area contributed by atoms with Crippen LogP contribution in [0, 0.1) is 0 Å². The van der Waals surface area contributed by atoms with E-state index in [0.29, 0.717) is 0 Å². The number of halogens is 2. The SMILES string of the molecule is CNCCN(C)C(=O)C1CCCCN1Cc1ccccc1.Cl.Cl. The molecular formula is C17H29Cl2N3O. The second-order valence-electron chi connectivity index (χ2n) is 5.83. The number of piperidine rings is 1. The standard InChI is InChI=1S/C17H27N3O.2ClH/c1-18-11-13-19(2)17(21)16-10-6-7-12-20(16)14-15-8-4-3-5-9-15;;/h3-5,8-9,16,18H,6-7,10-14H2,1-2H3;2*1H. The quantitative estimate of drug-likeness (QED) is 0.845. The smallest absolute Gasteiger partial charge is 0.239 e. The molecule has 1 aliphatic heterocycles. The molecule has 0 aromatic heterocycles. The first-order valence-corrected chi connectivity index (χ1v) is 7.90. The Labute approximate surface area is 152 Å². The summed E-state index contributed by atoms with van der Waals surface area (Å²) in [4.78, 5) is 16.9. The van der Waals surface area contributed by atoms with Crippen molar-refractivity contribution >= 4 is 30.7 Å². The average molecular weight is 362 g/mol. The summed E-state index contributed by atoms with van der Waals surface area (Å²) >= 11 is 0. The van der Waals surface area contributed by atoms with E-state index in [9.17, 15) is 4.79 Å². The van der Waals surface area contributed by atoms with Gasteiger partial charge in [0.15, 0.2) is 0 Å². The van der Waals surface area contributed by atoms with Crippen LogP contribution < -0.4 is 5.32 Å². The first-order chi connectivity index (χ1) is 10.2. The molecular weight excluding hydrogens is 333 g/mol. The summed E-state index contributed by atoms with van der Waals surface area (Å²) in [5.41, 5.74) is 1.29. The number of hydrogen-bond acceptors (Lipinski definition) is 3. The normalized spacial score (nSPS) is 17.7. The highest BCUT2D eigenvalue weighted by molar-refractivity contribution is 5.85. The number of carbonyl (C=O) groups excluding carboxylic acids is 1. The van der Waals surface area contributed by atoms with Gasteiger partial charge in [-0.3, -0.25) is 9.69 Å². The van der Waals surface area contributed by atoms with Gasteiger partial charge in [-0.15, -0.1) is 24.8 Å². The predicted octanol–water partition coefficient (Wildman–Crippen LogP) is 2.56. The molecule has 0 spiro atoms. The lowest BCUT2D eigenvalue weighted by atomic mass is 10.00. The molecule has 2 rings (SSSR count). The van der Waals surface area contributed by atoms with Gasteiger partial charge in [-0.25, -0.2) is 0 Å². The predicted molar refractivity (Wildman–Crippen MR) is 101 cm³/mol. The maximum Gasteiger partial charge on any atom is 0.239 e. The summed E-state index contributed by atoms with van der Waals surface area (Å²) in [7, 11) is 3.83. The zero-order chi connectivity index (χ0) is 15.1. The third kappa shape index (κ3) is 6.68. The number of nitrogens with one attached hydrogen (secondary N) is 1. The van der Waals surface area contributed by atoms with E-state index in [1.807, 2.05) is 25.1 Å². The van der Waals surface area contributed by atoms with Crippen molar-refractivity contribution in [3.05, 3.63) is 35.9 Å². The Bertz CT molecular complexity index is 445. The van der Waals surface area contributed by atoms with Crippen LogP contribution in [0.4, 0.5) is 0 Å². The molecule has 1 aromatic carbocycles. The van der Waals surface area contributed by atoms with Gasteiger partial charge in [-0.05, 0) is 32.0 Å². The average Bonchev–Trinajstić information content (AvgIpc) is 2.53. The van der Waals surface area contributed by atoms with Crippen LogP contribution in [0.15, 0.2) is 30.3 Å². The van der Waals surface area contributed by atoms with E-state index < -0.39 is 0 Å². The third-order valence-electron chi connectivity index (χ3n) is 4.20. The number of carbonyl (C=O) groups is 1. The number of amides is 1. The second-order valence-corrected chi connectivity index (χ2v) is 5.83. The Hall–Kier alpha value is -0.810. The van der Waals surface area contributed by atoms with Crippen LogP contribution in [0.25, 0.3) is 0 Å². The van der Waals surface area contributed by atoms with Crippen molar-refractivity contribution < 1.29 is 4.79 Å².